The second-order valence-electron chi connectivity index (χ2n) is 7.07. The van der Waals surface area contributed by atoms with Gasteiger partial charge in [0.15, 0.2) is 11.2 Å². The van der Waals surface area contributed by atoms with Crippen molar-refractivity contribution in [2.45, 2.75) is 44.4 Å². The lowest BCUT2D eigenvalue weighted by atomic mass is 9.72. The Morgan fingerprint density at radius 3 is 2.41 bits per heavy atom. The summed E-state index contributed by atoms with van der Waals surface area (Å²) < 4.78 is 0. The van der Waals surface area contributed by atoms with E-state index in [9.17, 15) is 15.3 Å². The van der Waals surface area contributed by atoms with E-state index in [1.165, 1.54) is 0 Å². The second kappa shape index (κ2) is 7.68. The normalized spacial score (nSPS) is 22.6. The van der Waals surface area contributed by atoms with Gasteiger partial charge in [0.2, 0.25) is 0 Å². The van der Waals surface area contributed by atoms with Gasteiger partial charge in [0.1, 0.15) is 6.07 Å². The molecule has 1 aromatic rings. The molecule has 0 saturated carbocycles. The Labute approximate surface area is 160 Å². The molecule has 2 aliphatic rings. The van der Waals surface area contributed by atoms with Crippen molar-refractivity contribution in [2.24, 2.45) is 5.73 Å². The fourth-order valence-electron chi connectivity index (χ4n) is 4.24. The van der Waals surface area contributed by atoms with Gasteiger partial charge in [0, 0.05) is 19.5 Å². The van der Waals surface area contributed by atoms with Gasteiger partial charge in [-0.3, -0.25) is 4.79 Å². The van der Waals surface area contributed by atoms with Gasteiger partial charge in [-0.25, -0.2) is 0 Å². The maximum atomic E-state index is 13.0. The summed E-state index contributed by atoms with van der Waals surface area (Å²) in [7, 11) is 0. The molecule has 138 valence electrons. The Morgan fingerprint density at radius 2 is 1.85 bits per heavy atom. The topological polar surface area (TPSA) is 93.9 Å². The molecule has 1 atom stereocenters. The van der Waals surface area contributed by atoms with Crippen LogP contribution in [0.1, 0.15) is 44.6 Å². The van der Waals surface area contributed by atoms with Crippen LogP contribution < -0.4 is 5.73 Å². The van der Waals surface area contributed by atoms with Gasteiger partial charge >= 0.3 is 0 Å². The number of ketones is 1. The van der Waals surface area contributed by atoms with Crippen molar-refractivity contribution in [3.05, 3.63) is 58.4 Å². The summed E-state index contributed by atoms with van der Waals surface area (Å²) >= 11 is 0. The number of Topliss-reactive ketones (excluding diaryl/α,β-unsaturated/α-hetero) is 1. The van der Waals surface area contributed by atoms with E-state index in [1.807, 2.05) is 37.3 Å². The molecule has 1 aliphatic carbocycles. The summed E-state index contributed by atoms with van der Waals surface area (Å²) in [5.74, 6) is -0.153. The Hall–Kier alpha value is -3.05. The molecule has 1 aliphatic heterocycles. The lowest BCUT2D eigenvalue weighted by Gasteiger charge is -2.38. The van der Waals surface area contributed by atoms with Crippen LogP contribution in [0.2, 0.25) is 0 Å². The van der Waals surface area contributed by atoms with Crippen LogP contribution in [0.5, 0.6) is 0 Å². The molecule has 0 spiro atoms. The van der Waals surface area contributed by atoms with E-state index in [1.54, 1.807) is 0 Å². The van der Waals surface area contributed by atoms with Crippen molar-refractivity contribution >= 4 is 5.78 Å². The maximum absolute atomic E-state index is 13.0. The second-order valence-corrected chi connectivity index (χ2v) is 7.07. The van der Waals surface area contributed by atoms with Crippen molar-refractivity contribution in [1.82, 2.24) is 4.90 Å². The van der Waals surface area contributed by atoms with Gasteiger partial charge in [-0.2, -0.15) is 10.5 Å². The Bertz CT molecular complexity index is 879. The van der Waals surface area contributed by atoms with Crippen molar-refractivity contribution in [3.8, 4) is 12.1 Å². The number of nitrogens with two attached hydrogens (primary N) is 1. The van der Waals surface area contributed by atoms with Crippen LogP contribution in [-0.2, 0) is 10.2 Å². The Morgan fingerprint density at radius 1 is 1.19 bits per heavy atom. The maximum Gasteiger partial charge on any atom is 0.163 e. The molecule has 1 saturated heterocycles. The summed E-state index contributed by atoms with van der Waals surface area (Å²) in [6, 6.07) is 13.9. The van der Waals surface area contributed by atoms with Crippen LogP contribution in [0.4, 0.5) is 0 Å². The quantitative estimate of drug-likeness (QED) is 0.869. The summed E-state index contributed by atoms with van der Waals surface area (Å²) in [6.45, 7) is 3.45. The molecule has 27 heavy (non-hydrogen) atoms. The van der Waals surface area contributed by atoms with Crippen molar-refractivity contribution in [2.75, 3.05) is 13.1 Å². The first-order chi connectivity index (χ1) is 13.1. The highest BCUT2D eigenvalue weighted by Gasteiger charge is 2.53. The first-order valence-corrected chi connectivity index (χ1v) is 9.52. The van der Waals surface area contributed by atoms with Gasteiger partial charge in [0.05, 0.1) is 28.6 Å². The highest BCUT2D eigenvalue weighted by Crippen LogP contribution is 2.50. The summed E-state index contributed by atoms with van der Waals surface area (Å²) in [5.41, 5.74) is 7.04. The third-order valence-electron chi connectivity index (χ3n) is 5.42. The van der Waals surface area contributed by atoms with Crippen molar-refractivity contribution in [1.29, 1.82) is 10.5 Å². The zero-order chi connectivity index (χ0) is 19.4. The number of carbonyl (C=O) groups excluding carboxylic acids is 1. The molecule has 1 fully saturated rings. The SMILES string of the molecule is CCCC(=O)C1=C(N)C(C#N)=C(N2CCCCC2)[C@]1(C#N)c1ccccc1. The van der Waals surface area contributed by atoms with Crippen LogP contribution in [0.15, 0.2) is 52.9 Å². The van der Waals surface area contributed by atoms with E-state index in [4.69, 9.17) is 5.73 Å². The van der Waals surface area contributed by atoms with Gasteiger partial charge < -0.3 is 10.6 Å². The molecule has 0 bridgehead atoms. The van der Waals surface area contributed by atoms with Crippen molar-refractivity contribution in [3.63, 3.8) is 0 Å². The molecule has 5 heteroatoms. The van der Waals surface area contributed by atoms with Gasteiger partial charge in [-0.1, -0.05) is 37.3 Å². The molecule has 3 rings (SSSR count). The third-order valence-corrected chi connectivity index (χ3v) is 5.42. The zero-order valence-electron chi connectivity index (χ0n) is 15.7. The molecule has 1 heterocycles. The van der Waals surface area contributed by atoms with E-state index in [0.717, 1.165) is 32.4 Å². The van der Waals surface area contributed by atoms with Crippen LogP contribution in [0.25, 0.3) is 0 Å². The highest BCUT2D eigenvalue weighted by atomic mass is 16.1. The summed E-state index contributed by atoms with van der Waals surface area (Å²) in [4.78, 5) is 15.1. The molecule has 0 unspecified atom stereocenters. The van der Waals surface area contributed by atoms with Crippen molar-refractivity contribution < 1.29 is 4.79 Å². The monoisotopic (exact) mass is 360 g/mol. The average molecular weight is 360 g/mol. The predicted octanol–water partition coefficient (Wildman–Crippen LogP) is 3.31. The minimum atomic E-state index is -1.32. The molecule has 5 nitrogen and oxygen atoms in total. The minimum Gasteiger partial charge on any atom is -0.397 e. The molecular formula is C22H24N4O. The summed E-state index contributed by atoms with van der Waals surface area (Å²) in [6.07, 6.45) is 4.08. The minimum absolute atomic E-state index is 0.153. The lowest BCUT2D eigenvalue weighted by molar-refractivity contribution is -0.116. The first kappa shape index (κ1) is 18.7. The standard InChI is InChI=1S/C22H24N4O/c1-2-9-18(27)19-20(25)17(14-23)21(26-12-7-4-8-13-26)22(19,15-24)16-10-5-3-6-11-16/h3,5-6,10-11H,2,4,7-9,12-13,25H2,1H3/t22-/m1/s1. The Kier molecular flexibility index (Phi) is 5.33. The summed E-state index contributed by atoms with van der Waals surface area (Å²) in [5, 5.41) is 20.3. The molecule has 0 radical (unpaired) electrons. The zero-order valence-corrected chi connectivity index (χ0v) is 15.7. The van der Waals surface area contributed by atoms with Gasteiger partial charge in [0.25, 0.3) is 0 Å². The average Bonchev–Trinajstić information content (AvgIpc) is 2.98. The number of benzene rings is 1. The molecule has 0 amide bonds. The van der Waals surface area contributed by atoms with Crippen LogP contribution in [0.3, 0.4) is 0 Å². The molecule has 1 aromatic carbocycles. The van der Waals surface area contributed by atoms with E-state index in [0.29, 0.717) is 24.1 Å². The Balaban J connectivity index is 2.30. The number of hydrogen-bond acceptors (Lipinski definition) is 5. The first-order valence-electron chi connectivity index (χ1n) is 9.52. The number of likely N-dealkylation sites (tertiary alicyclic amines) is 1. The number of hydrogen-bond donors (Lipinski definition) is 1. The van der Waals surface area contributed by atoms with Gasteiger partial charge in [-0.15, -0.1) is 0 Å². The van der Waals surface area contributed by atoms with Gasteiger partial charge in [-0.05, 0) is 31.2 Å². The van der Waals surface area contributed by atoms with Crippen LogP contribution in [-0.4, -0.2) is 23.8 Å². The number of nitrogens with zero attached hydrogens (tertiary/aromatic N) is 3. The van der Waals surface area contributed by atoms with Crippen LogP contribution in [0, 0.1) is 22.7 Å². The number of piperidine rings is 1. The number of nitriles is 2. The van der Waals surface area contributed by atoms with Crippen LogP contribution >= 0.6 is 0 Å². The predicted molar refractivity (Wildman–Crippen MR) is 103 cm³/mol. The number of rotatable bonds is 5. The molecular weight excluding hydrogens is 336 g/mol. The largest absolute Gasteiger partial charge is 0.397 e. The van der Waals surface area contributed by atoms with E-state index >= 15 is 0 Å². The fraction of sp³-hybridized carbons (Fsp3) is 0.409. The smallest absolute Gasteiger partial charge is 0.163 e. The number of carbonyl (C=O) groups is 1. The highest BCUT2D eigenvalue weighted by molar-refractivity contribution is 6.03. The van der Waals surface area contributed by atoms with E-state index in [2.05, 4.69) is 17.0 Å². The lowest BCUT2D eigenvalue weighted by Crippen LogP contribution is -2.41. The van der Waals surface area contributed by atoms with E-state index in [-0.39, 0.29) is 22.6 Å². The molecule has 0 aromatic heterocycles. The molecule has 2 N–H and O–H groups in total. The number of allylic oxidation sites excluding steroid dienone is 2. The fourth-order valence-corrected chi connectivity index (χ4v) is 4.24. The van der Waals surface area contributed by atoms with E-state index < -0.39 is 5.41 Å². The third kappa shape index (κ3) is 2.90.